The van der Waals surface area contributed by atoms with E-state index in [0.717, 1.165) is 35.5 Å². The van der Waals surface area contributed by atoms with Crippen LogP contribution in [0.15, 0.2) is 35.4 Å². The first-order valence-corrected chi connectivity index (χ1v) is 13.0. The zero-order valence-electron chi connectivity index (χ0n) is 18.2. The number of piperazine rings is 1. The van der Waals surface area contributed by atoms with Crippen molar-refractivity contribution < 1.29 is 31.5 Å². The van der Waals surface area contributed by atoms with E-state index in [9.17, 15) is 26.8 Å². The molecule has 4 rings (SSSR count). The summed E-state index contributed by atoms with van der Waals surface area (Å²) in [5, 5.41) is 2.10. The third-order valence-corrected chi connectivity index (χ3v) is 8.48. The number of hydrogen-bond acceptors (Lipinski definition) is 7. The smallest absolute Gasteiger partial charge is 0.248 e. The molecule has 184 valence electrons. The highest BCUT2D eigenvalue weighted by atomic mass is 32.2. The van der Waals surface area contributed by atoms with Crippen LogP contribution in [0.2, 0.25) is 0 Å². The van der Waals surface area contributed by atoms with Gasteiger partial charge in [-0.15, -0.1) is 0 Å². The number of carbonyl (C=O) groups is 2. The van der Waals surface area contributed by atoms with Crippen molar-refractivity contribution in [2.45, 2.75) is 30.2 Å². The summed E-state index contributed by atoms with van der Waals surface area (Å²) in [5.41, 5.74) is 0. The maximum Gasteiger partial charge on any atom is 0.248 e. The Balaban J connectivity index is 1.51. The molecule has 0 saturated carbocycles. The molecule has 2 aliphatic rings. The van der Waals surface area contributed by atoms with Crippen LogP contribution < -0.4 is 5.32 Å². The van der Waals surface area contributed by atoms with Gasteiger partial charge in [0.2, 0.25) is 21.8 Å². The number of carbonyl (C=O) groups excluding carboxylic acids is 2. The number of aromatic nitrogens is 1. The zero-order valence-corrected chi connectivity index (χ0v) is 19.8. The van der Waals surface area contributed by atoms with Crippen LogP contribution in [0.4, 0.5) is 13.9 Å². The number of benzene rings is 1. The van der Waals surface area contributed by atoms with Gasteiger partial charge in [-0.05, 0) is 43.4 Å². The second kappa shape index (κ2) is 10.4. The molecule has 1 N–H and O–H groups in total. The molecule has 2 amide bonds. The van der Waals surface area contributed by atoms with E-state index in [0.29, 0.717) is 31.0 Å². The second-order valence-corrected chi connectivity index (χ2v) is 11.1. The minimum absolute atomic E-state index is 0.0130. The molecule has 1 aromatic carbocycles. The fourth-order valence-electron chi connectivity index (χ4n) is 4.15. The van der Waals surface area contributed by atoms with Gasteiger partial charge in [0.25, 0.3) is 0 Å². The second-order valence-electron chi connectivity index (χ2n) is 8.15. The van der Waals surface area contributed by atoms with Gasteiger partial charge >= 0.3 is 0 Å². The molecule has 0 bridgehead atoms. The SMILES string of the molecule is O=C(Nc1ncc(F)s1)C(CC1CCOCC1)N1CCN(S(=O)(=O)c2cccc(F)c2)CC1=O. The third-order valence-electron chi connectivity index (χ3n) is 5.94. The van der Waals surface area contributed by atoms with Crippen LogP contribution in [0.3, 0.4) is 0 Å². The van der Waals surface area contributed by atoms with Crippen molar-refractivity contribution in [3.05, 3.63) is 41.4 Å². The highest BCUT2D eigenvalue weighted by Crippen LogP contribution is 2.27. The van der Waals surface area contributed by atoms with Crippen LogP contribution in [-0.4, -0.2) is 73.3 Å². The van der Waals surface area contributed by atoms with Crippen LogP contribution >= 0.6 is 11.3 Å². The predicted molar refractivity (Wildman–Crippen MR) is 120 cm³/mol. The maximum absolute atomic E-state index is 13.6. The molecule has 1 atom stereocenters. The monoisotopic (exact) mass is 514 g/mol. The number of halogens is 2. The van der Waals surface area contributed by atoms with Crippen molar-refractivity contribution in [1.82, 2.24) is 14.2 Å². The Morgan fingerprint density at radius 2 is 2.03 bits per heavy atom. The summed E-state index contributed by atoms with van der Waals surface area (Å²) < 4.78 is 59.1. The third kappa shape index (κ3) is 5.59. The van der Waals surface area contributed by atoms with Crippen LogP contribution in [0.5, 0.6) is 0 Å². The molecular weight excluding hydrogens is 490 g/mol. The minimum atomic E-state index is -4.08. The van der Waals surface area contributed by atoms with Gasteiger partial charge in [0, 0.05) is 26.3 Å². The van der Waals surface area contributed by atoms with Crippen LogP contribution in [0, 0.1) is 16.9 Å². The van der Waals surface area contributed by atoms with E-state index in [4.69, 9.17) is 4.74 Å². The average molecular weight is 515 g/mol. The number of amides is 2. The largest absolute Gasteiger partial charge is 0.381 e. The van der Waals surface area contributed by atoms with E-state index in [2.05, 4.69) is 10.3 Å². The highest BCUT2D eigenvalue weighted by Gasteiger charge is 2.39. The molecule has 0 aliphatic carbocycles. The fourth-order valence-corrected chi connectivity index (χ4v) is 6.11. The number of rotatable bonds is 7. The van der Waals surface area contributed by atoms with Crippen LogP contribution in [-0.2, 0) is 24.3 Å². The summed E-state index contributed by atoms with van der Waals surface area (Å²) >= 11 is 0.678. The van der Waals surface area contributed by atoms with Crippen molar-refractivity contribution in [2.75, 3.05) is 38.2 Å². The Bertz CT molecular complexity index is 1150. The first kappa shape index (κ1) is 24.6. The van der Waals surface area contributed by atoms with Crippen molar-refractivity contribution in [3.8, 4) is 0 Å². The lowest BCUT2D eigenvalue weighted by atomic mass is 9.91. The van der Waals surface area contributed by atoms with Gasteiger partial charge in [0.15, 0.2) is 10.3 Å². The molecular formula is C21H24F2N4O5S2. The van der Waals surface area contributed by atoms with E-state index in [1.54, 1.807) is 0 Å². The predicted octanol–water partition coefficient (Wildman–Crippen LogP) is 2.08. The van der Waals surface area contributed by atoms with E-state index < -0.39 is 45.4 Å². The fraction of sp³-hybridized carbons (Fsp3) is 0.476. The Kier molecular flexibility index (Phi) is 7.55. The van der Waals surface area contributed by atoms with Gasteiger partial charge in [-0.3, -0.25) is 9.59 Å². The Morgan fingerprint density at radius 3 is 2.68 bits per heavy atom. The number of nitrogens with one attached hydrogen (secondary N) is 1. The lowest BCUT2D eigenvalue weighted by Gasteiger charge is -2.39. The molecule has 1 aromatic heterocycles. The molecule has 1 unspecified atom stereocenters. The minimum Gasteiger partial charge on any atom is -0.381 e. The summed E-state index contributed by atoms with van der Waals surface area (Å²) in [6, 6.07) is 3.72. The molecule has 0 radical (unpaired) electrons. The molecule has 0 spiro atoms. The first-order valence-electron chi connectivity index (χ1n) is 10.8. The molecule has 2 saturated heterocycles. The molecule has 2 fully saturated rings. The Morgan fingerprint density at radius 1 is 1.26 bits per heavy atom. The zero-order chi connectivity index (χ0) is 24.3. The quantitative estimate of drug-likeness (QED) is 0.606. The van der Waals surface area contributed by atoms with Gasteiger partial charge in [-0.2, -0.15) is 8.70 Å². The van der Waals surface area contributed by atoms with Crippen molar-refractivity contribution in [2.24, 2.45) is 5.92 Å². The summed E-state index contributed by atoms with van der Waals surface area (Å²) in [4.78, 5) is 31.1. The van der Waals surface area contributed by atoms with Gasteiger partial charge in [-0.25, -0.2) is 17.8 Å². The summed E-state index contributed by atoms with van der Waals surface area (Å²) in [6.45, 7) is 0.589. The van der Waals surface area contributed by atoms with Crippen molar-refractivity contribution in [3.63, 3.8) is 0 Å². The topological polar surface area (TPSA) is 109 Å². The van der Waals surface area contributed by atoms with Crippen molar-refractivity contribution in [1.29, 1.82) is 0 Å². The maximum atomic E-state index is 13.6. The number of sulfonamides is 1. The van der Waals surface area contributed by atoms with Crippen LogP contribution in [0.1, 0.15) is 19.3 Å². The highest BCUT2D eigenvalue weighted by molar-refractivity contribution is 7.89. The van der Waals surface area contributed by atoms with Gasteiger partial charge in [-0.1, -0.05) is 17.4 Å². The summed E-state index contributed by atoms with van der Waals surface area (Å²) in [7, 11) is -4.08. The van der Waals surface area contributed by atoms with Crippen LogP contribution in [0.25, 0.3) is 0 Å². The molecule has 2 aromatic rings. The lowest BCUT2D eigenvalue weighted by Crippen LogP contribution is -2.58. The first-order chi connectivity index (χ1) is 16.2. The number of nitrogens with zero attached hydrogens (tertiary/aromatic N) is 3. The average Bonchev–Trinajstić information content (AvgIpc) is 3.22. The van der Waals surface area contributed by atoms with Gasteiger partial charge in [0.1, 0.15) is 11.9 Å². The summed E-state index contributed by atoms with van der Waals surface area (Å²) in [6.07, 6.45) is 2.83. The standard InChI is InChI=1S/C21H24F2N4O5S2/c22-15-2-1-3-16(11-15)34(30,31)26-6-7-27(19(28)13-26)17(10-14-4-8-32-9-5-14)20(29)25-21-24-12-18(23)33-21/h1-3,11-12,14,17H,4-10,13H2,(H,24,25,29). The molecule has 9 nitrogen and oxygen atoms in total. The van der Waals surface area contributed by atoms with Gasteiger partial charge < -0.3 is 15.0 Å². The molecule has 34 heavy (non-hydrogen) atoms. The number of hydrogen-bond donors (Lipinski definition) is 1. The normalized spacial score (nSPS) is 19.2. The Labute approximate surface area is 199 Å². The van der Waals surface area contributed by atoms with Crippen molar-refractivity contribution >= 4 is 38.3 Å². The van der Waals surface area contributed by atoms with E-state index >= 15 is 0 Å². The number of anilines is 1. The molecule has 3 heterocycles. The van der Waals surface area contributed by atoms with E-state index in [-0.39, 0.29) is 29.0 Å². The number of thiazole rings is 1. The van der Waals surface area contributed by atoms with E-state index in [1.165, 1.54) is 17.0 Å². The summed E-state index contributed by atoms with van der Waals surface area (Å²) in [5.74, 6) is -1.60. The van der Waals surface area contributed by atoms with Gasteiger partial charge in [0.05, 0.1) is 17.6 Å². The Hall–Kier alpha value is -2.48. The lowest BCUT2D eigenvalue weighted by molar-refractivity contribution is -0.142. The molecule has 2 aliphatic heterocycles. The van der Waals surface area contributed by atoms with E-state index in [1.807, 2.05) is 0 Å². The number of ether oxygens (including phenoxy) is 1. The molecule has 13 heteroatoms.